The first-order valence-corrected chi connectivity index (χ1v) is 6.33. The van der Waals surface area contributed by atoms with E-state index in [4.69, 9.17) is 15.2 Å². The summed E-state index contributed by atoms with van der Waals surface area (Å²) in [4.78, 5) is 11.7. The summed E-state index contributed by atoms with van der Waals surface area (Å²) in [5.74, 6) is -0.0693. The highest BCUT2D eigenvalue weighted by Gasteiger charge is 2.28. The highest BCUT2D eigenvalue weighted by atomic mass is 16.5. The van der Waals surface area contributed by atoms with Crippen LogP contribution >= 0.6 is 0 Å². The van der Waals surface area contributed by atoms with Crippen LogP contribution in [0.5, 0.6) is 0 Å². The first kappa shape index (κ1) is 14.4. The summed E-state index contributed by atoms with van der Waals surface area (Å²) in [6.45, 7) is 3.05. The van der Waals surface area contributed by atoms with Gasteiger partial charge in [0.25, 0.3) is 0 Å². The minimum Gasteiger partial charge on any atom is -0.385 e. The molecule has 1 amide bonds. The Balaban J connectivity index is 2.17. The van der Waals surface area contributed by atoms with Gasteiger partial charge in [-0.1, -0.05) is 0 Å². The summed E-state index contributed by atoms with van der Waals surface area (Å²) in [6, 6.07) is 0.0822. The maximum Gasteiger partial charge on any atom is 0.248 e. The minimum atomic E-state index is -0.424. The highest BCUT2D eigenvalue weighted by Crippen LogP contribution is 2.21. The molecule has 0 saturated heterocycles. The van der Waals surface area contributed by atoms with Crippen LogP contribution in [0.25, 0.3) is 0 Å². The molecule has 0 aromatic carbocycles. The Bertz CT molecular complexity index is 236. The average Bonchev–Trinajstić information content (AvgIpc) is 2.70. The SMILES string of the molecule is COCCCNC(=O)C(C)OC1CCCC1N. The first-order chi connectivity index (χ1) is 8.15. The van der Waals surface area contributed by atoms with Gasteiger partial charge in [0, 0.05) is 26.3 Å². The van der Waals surface area contributed by atoms with E-state index in [0.29, 0.717) is 13.2 Å². The second kappa shape index (κ2) is 7.63. The van der Waals surface area contributed by atoms with Crippen molar-refractivity contribution in [3.63, 3.8) is 0 Å². The summed E-state index contributed by atoms with van der Waals surface area (Å²) in [5, 5.41) is 2.82. The van der Waals surface area contributed by atoms with E-state index in [-0.39, 0.29) is 18.1 Å². The molecule has 0 bridgehead atoms. The van der Waals surface area contributed by atoms with Crippen LogP contribution in [0.15, 0.2) is 0 Å². The second-order valence-corrected chi connectivity index (χ2v) is 4.55. The summed E-state index contributed by atoms with van der Waals surface area (Å²) in [5.41, 5.74) is 5.89. The lowest BCUT2D eigenvalue weighted by molar-refractivity contribution is -0.135. The van der Waals surface area contributed by atoms with Crippen LogP contribution in [-0.2, 0) is 14.3 Å². The molecule has 1 aliphatic carbocycles. The van der Waals surface area contributed by atoms with Crippen molar-refractivity contribution in [2.24, 2.45) is 5.73 Å². The fourth-order valence-corrected chi connectivity index (χ4v) is 2.02. The number of carbonyl (C=O) groups excluding carboxylic acids is 1. The monoisotopic (exact) mass is 244 g/mol. The molecule has 0 spiro atoms. The Labute approximate surface area is 103 Å². The molecule has 100 valence electrons. The van der Waals surface area contributed by atoms with E-state index in [1.54, 1.807) is 14.0 Å². The lowest BCUT2D eigenvalue weighted by Crippen LogP contribution is -2.41. The Morgan fingerprint density at radius 3 is 2.88 bits per heavy atom. The molecule has 3 N–H and O–H groups in total. The quantitative estimate of drug-likeness (QED) is 0.637. The van der Waals surface area contributed by atoms with Gasteiger partial charge in [0.2, 0.25) is 5.91 Å². The van der Waals surface area contributed by atoms with E-state index < -0.39 is 6.10 Å². The fourth-order valence-electron chi connectivity index (χ4n) is 2.02. The number of hydrogen-bond donors (Lipinski definition) is 2. The van der Waals surface area contributed by atoms with Crippen molar-refractivity contribution in [3.05, 3.63) is 0 Å². The minimum absolute atomic E-state index is 0.0368. The number of ether oxygens (including phenoxy) is 2. The third-order valence-electron chi connectivity index (χ3n) is 3.08. The first-order valence-electron chi connectivity index (χ1n) is 6.33. The number of nitrogens with one attached hydrogen (secondary N) is 1. The van der Waals surface area contributed by atoms with Gasteiger partial charge in [-0.2, -0.15) is 0 Å². The Hall–Kier alpha value is -0.650. The molecule has 1 rings (SSSR count). The Morgan fingerprint density at radius 1 is 1.53 bits per heavy atom. The van der Waals surface area contributed by atoms with Crippen molar-refractivity contribution >= 4 is 5.91 Å². The lowest BCUT2D eigenvalue weighted by Gasteiger charge is -2.21. The van der Waals surface area contributed by atoms with Gasteiger partial charge >= 0.3 is 0 Å². The average molecular weight is 244 g/mol. The molecular weight excluding hydrogens is 220 g/mol. The molecule has 0 heterocycles. The molecule has 0 radical (unpaired) electrons. The van der Waals surface area contributed by atoms with Crippen molar-refractivity contribution in [1.29, 1.82) is 0 Å². The molecule has 0 aromatic heterocycles. The third kappa shape index (κ3) is 5.02. The maximum atomic E-state index is 11.7. The largest absolute Gasteiger partial charge is 0.385 e. The molecule has 17 heavy (non-hydrogen) atoms. The van der Waals surface area contributed by atoms with Gasteiger partial charge in [0.05, 0.1) is 6.10 Å². The number of hydrogen-bond acceptors (Lipinski definition) is 4. The summed E-state index contributed by atoms with van der Waals surface area (Å²) in [6.07, 6.45) is 3.47. The molecule has 0 aliphatic heterocycles. The van der Waals surface area contributed by atoms with Gasteiger partial charge in [-0.05, 0) is 32.6 Å². The molecule has 1 fully saturated rings. The molecule has 1 saturated carbocycles. The van der Waals surface area contributed by atoms with Crippen LogP contribution in [0.2, 0.25) is 0 Å². The van der Waals surface area contributed by atoms with E-state index >= 15 is 0 Å². The number of amides is 1. The lowest BCUT2D eigenvalue weighted by atomic mass is 10.2. The molecule has 5 heteroatoms. The zero-order valence-corrected chi connectivity index (χ0v) is 10.8. The van der Waals surface area contributed by atoms with Crippen LogP contribution < -0.4 is 11.1 Å². The molecule has 5 nitrogen and oxygen atoms in total. The van der Waals surface area contributed by atoms with Crippen LogP contribution in [0, 0.1) is 0 Å². The van der Waals surface area contributed by atoms with E-state index in [0.717, 1.165) is 25.7 Å². The van der Waals surface area contributed by atoms with Crippen molar-refractivity contribution in [1.82, 2.24) is 5.32 Å². The standard InChI is InChI=1S/C12H24N2O3/c1-9(12(15)14-7-4-8-16-2)17-11-6-3-5-10(11)13/h9-11H,3-8,13H2,1-2H3,(H,14,15). The van der Waals surface area contributed by atoms with Crippen molar-refractivity contribution in [2.45, 2.75) is 50.9 Å². The van der Waals surface area contributed by atoms with Gasteiger partial charge in [-0.3, -0.25) is 4.79 Å². The predicted molar refractivity (Wildman–Crippen MR) is 65.7 cm³/mol. The van der Waals surface area contributed by atoms with Crippen molar-refractivity contribution in [3.8, 4) is 0 Å². The third-order valence-corrected chi connectivity index (χ3v) is 3.08. The highest BCUT2D eigenvalue weighted by molar-refractivity contribution is 5.80. The van der Waals surface area contributed by atoms with Crippen LogP contribution in [0.3, 0.4) is 0 Å². The van der Waals surface area contributed by atoms with Crippen LogP contribution in [0.4, 0.5) is 0 Å². The number of methoxy groups -OCH3 is 1. The molecule has 0 aromatic rings. The molecular formula is C12H24N2O3. The maximum absolute atomic E-state index is 11.7. The van der Waals surface area contributed by atoms with Gasteiger partial charge < -0.3 is 20.5 Å². The molecule has 3 atom stereocenters. The van der Waals surface area contributed by atoms with Crippen molar-refractivity contribution < 1.29 is 14.3 Å². The number of nitrogens with two attached hydrogens (primary N) is 1. The van der Waals surface area contributed by atoms with Crippen molar-refractivity contribution in [2.75, 3.05) is 20.3 Å². The van der Waals surface area contributed by atoms with E-state index in [2.05, 4.69) is 5.32 Å². The van der Waals surface area contributed by atoms with Gasteiger partial charge in [-0.15, -0.1) is 0 Å². The number of carbonyl (C=O) groups is 1. The van der Waals surface area contributed by atoms with Gasteiger partial charge in [-0.25, -0.2) is 0 Å². The fraction of sp³-hybridized carbons (Fsp3) is 0.917. The molecule has 3 unspecified atom stereocenters. The zero-order chi connectivity index (χ0) is 12.7. The summed E-state index contributed by atoms with van der Waals surface area (Å²) < 4.78 is 10.6. The van der Waals surface area contributed by atoms with Gasteiger partial charge in [0.1, 0.15) is 6.10 Å². The zero-order valence-electron chi connectivity index (χ0n) is 10.8. The van der Waals surface area contributed by atoms with E-state index in [9.17, 15) is 4.79 Å². The second-order valence-electron chi connectivity index (χ2n) is 4.55. The summed E-state index contributed by atoms with van der Waals surface area (Å²) in [7, 11) is 1.65. The normalized spacial score (nSPS) is 25.8. The smallest absolute Gasteiger partial charge is 0.248 e. The Kier molecular flexibility index (Phi) is 6.47. The Morgan fingerprint density at radius 2 is 2.29 bits per heavy atom. The topological polar surface area (TPSA) is 73.6 Å². The number of rotatable bonds is 7. The molecule has 1 aliphatic rings. The summed E-state index contributed by atoms with van der Waals surface area (Å²) >= 11 is 0. The van der Waals surface area contributed by atoms with Crippen LogP contribution in [0.1, 0.15) is 32.6 Å². The van der Waals surface area contributed by atoms with E-state index in [1.807, 2.05) is 0 Å². The predicted octanol–water partition coefficient (Wildman–Crippen LogP) is 0.424. The van der Waals surface area contributed by atoms with Crippen LogP contribution in [-0.4, -0.2) is 44.4 Å². The van der Waals surface area contributed by atoms with Gasteiger partial charge in [0.15, 0.2) is 0 Å². The van der Waals surface area contributed by atoms with E-state index in [1.165, 1.54) is 0 Å².